The Labute approximate surface area is 242 Å². The van der Waals surface area contributed by atoms with Crippen molar-refractivity contribution in [3.05, 3.63) is 89.5 Å². The minimum Gasteiger partial charge on any atom is -0.488 e. The van der Waals surface area contributed by atoms with Gasteiger partial charge in [0.2, 0.25) is 5.91 Å². The maximum atomic E-state index is 13.5. The minimum absolute atomic E-state index is 0.0792. The lowest BCUT2D eigenvalue weighted by Gasteiger charge is -2.27. The molecule has 2 amide bonds. The molecule has 3 aromatic rings. The van der Waals surface area contributed by atoms with E-state index >= 15 is 0 Å². The second-order valence-electron chi connectivity index (χ2n) is 11.2. The third-order valence-corrected chi connectivity index (χ3v) is 7.05. The van der Waals surface area contributed by atoms with Gasteiger partial charge in [0, 0.05) is 33.6 Å². The van der Waals surface area contributed by atoms with Crippen LogP contribution in [0.25, 0.3) is 11.1 Å². The Hall–Kier alpha value is -3.88. The number of alkyl carbamates (subject to hydrolysis) is 1. The Balaban J connectivity index is 1.47. The predicted molar refractivity (Wildman–Crippen MR) is 158 cm³/mol. The third kappa shape index (κ3) is 7.65. The molecule has 0 heterocycles. The van der Waals surface area contributed by atoms with Gasteiger partial charge in [-0.1, -0.05) is 60.7 Å². The van der Waals surface area contributed by atoms with Crippen LogP contribution in [0.2, 0.25) is 0 Å². The van der Waals surface area contributed by atoms with Crippen LogP contribution in [0.3, 0.4) is 0 Å². The van der Waals surface area contributed by atoms with Gasteiger partial charge in [0.1, 0.15) is 24.0 Å². The second kappa shape index (κ2) is 13.2. The fourth-order valence-electron chi connectivity index (χ4n) is 5.09. The molecule has 0 unspecified atom stereocenters. The molecule has 0 spiro atoms. The molecule has 0 saturated carbocycles. The van der Waals surface area contributed by atoms with Crippen molar-refractivity contribution >= 4 is 12.0 Å². The number of ether oxygens (including phenoxy) is 4. The van der Waals surface area contributed by atoms with Gasteiger partial charge in [-0.25, -0.2) is 4.79 Å². The van der Waals surface area contributed by atoms with Gasteiger partial charge in [-0.15, -0.1) is 0 Å². The summed E-state index contributed by atoms with van der Waals surface area (Å²) in [6.07, 6.45) is -0.970. The van der Waals surface area contributed by atoms with Crippen LogP contribution in [0.15, 0.2) is 72.8 Å². The highest BCUT2D eigenvalue weighted by molar-refractivity contribution is 5.86. The molecule has 41 heavy (non-hydrogen) atoms. The Bertz CT molecular complexity index is 1280. The Kier molecular flexibility index (Phi) is 9.68. The number of hydrogen-bond acceptors (Lipinski definition) is 6. The molecule has 0 aromatic heterocycles. The molecule has 4 rings (SSSR count). The van der Waals surface area contributed by atoms with Crippen LogP contribution in [0.5, 0.6) is 5.75 Å². The third-order valence-electron chi connectivity index (χ3n) is 7.05. The first-order chi connectivity index (χ1) is 19.6. The summed E-state index contributed by atoms with van der Waals surface area (Å²) in [5.74, 6) is 0.367. The number of nitrogens with one attached hydrogen (secondary N) is 1. The zero-order valence-electron chi connectivity index (χ0n) is 24.7. The van der Waals surface area contributed by atoms with Gasteiger partial charge in [0.15, 0.2) is 6.29 Å². The van der Waals surface area contributed by atoms with Crippen molar-refractivity contribution in [2.75, 3.05) is 34.4 Å². The Morgan fingerprint density at radius 1 is 0.878 bits per heavy atom. The van der Waals surface area contributed by atoms with Crippen LogP contribution >= 0.6 is 0 Å². The van der Waals surface area contributed by atoms with E-state index in [1.165, 1.54) is 19.1 Å². The molecule has 8 heteroatoms. The number of nitrogens with zero attached hydrogens (tertiary/aromatic N) is 1. The monoisotopic (exact) mass is 560 g/mol. The summed E-state index contributed by atoms with van der Waals surface area (Å²) in [6, 6.07) is 23.0. The molecule has 0 fully saturated rings. The molecular weight excluding hydrogens is 520 g/mol. The van der Waals surface area contributed by atoms with Gasteiger partial charge >= 0.3 is 6.09 Å². The molecule has 1 aliphatic carbocycles. The van der Waals surface area contributed by atoms with Crippen molar-refractivity contribution in [2.24, 2.45) is 0 Å². The van der Waals surface area contributed by atoms with E-state index in [4.69, 9.17) is 18.9 Å². The van der Waals surface area contributed by atoms with E-state index in [1.807, 2.05) is 69.3 Å². The molecule has 0 bridgehead atoms. The Morgan fingerprint density at radius 3 is 1.98 bits per heavy atom. The molecule has 1 aliphatic rings. The number of amides is 2. The average Bonchev–Trinajstić information content (AvgIpc) is 3.27. The van der Waals surface area contributed by atoms with E-state index in [1.54, 1.807) is 7.05 Å². The van der Waals surface area contributed by atoms with Crippen molar-refractivity contribution in [3.8, 4) is 16.9 Å². The number of likely N-dealkylation sites (N-methyl/N-ethyl adjacent to an activating group) is 1. The van der Waals surface area contributed by atoms with Crippen LogP contribution in [0, 0.1) is 0 Å². The van der Waals surface area contributed by atoms with Crippen LogP contribution in [0.4, 0.5) is 4.79 Å². The summed E-state index contributed by atoms with van der Waals surface area (Å²) in [6.45, 7) is 6.31. The summed E-state index contributed by atoms with van der Waals surface area (Å²) in [5, 5.41) is 2.81. The molecule has 3 aromatic carbocycles. The van der Waals surface area contributed by atoms with E-state index in [-0.39, 0.29) is 37.0 Å². The number of carbonyl (C=O) groups is 2. The Morgan fingerprint density at radius 2 is 1.44 bits per heavy atom. The van der Waals surface area contributed by atoms with Gasteiger partial charge in [0.25, 0.3) is 0 Å². The van der Waals surface area contributed by atoms with Crippen LogP contribution in [-0.4, -0.2) is 69.3 Å². The molecule has 0 radical (unpaired) electrons. The first-order valence-electron chi connectivity index (χ1n) is 13.8. The van der Waals surface area contributed by atoms with E-state index in [9.17, 15) is 9.59 Å². The number of hydrogen-bond donors (Lipinski definition) is 1. The van der Waals surface area contributed by atoms with Crippen LogP contribution in [0.1, 0.15) is 43.4 Å². The number of carbonyl (C=O) groups excluding carboxylic acids is 2. The molecule has 218 valence electrons. The van der Waals surface area contributed by atoms with Crippen molar-refractivity contribution in [1.82, 2.24) is 10.2 Å². The summed E-state index contributed by atoms with van der Waals surface area (Å²) < 4.78 is 22.2. The normalized spacial score (nSPS) is 13.3. The highest BCUT2D eigenvalue weighted by Crippen LogP contribution is 2.44. The van der Waals surface area contributed by atoms with Gasteiger partial charge in [0.05, 0.1) is 6.54 Å². The van der Waals surface area contributed by atoms with E-state index in [0.717, 1.165) is 33.6 Å². The SMILES string of the molecule is COC(CN(C)C(=O)[C@H](Cc1ccc(OC(C)(C)C)cc1)NC(=O)OCC1c2ccccc2-c2ccccc21)OC. The average molecular weight is 561 g/mol. The van der Waals surface area contributed by atoms with E-state index < -0.39 is 18.4 Å². The summed E-state index contributed by atoms with van der Waals surface area (Å²) in [5.41, 5.74) is 5.08. The standard InChI is InChI=1S/C33H40N2O6/c1-33(2,3)41-23-17-15-22(16-18-23)19-29(31(36)35(4)20-30(38-5)39-6)34-32(37)40-21-28-26-13-9-7-11-24(26)25-12-8-10-14-27(25)28/h7-18,28-30H,19-21H2,1-6H3,(H,34,37)/t29-/m0/s1. The second-order valence-corrected chi connectivity index (χ2v) is 11.2. The maximum Gasteiger partial charge on any atom is 0.407 e. The minimum atomic E-state index is -0.862. The lowest BCUT2D eigenvalue weighted by Crippen LogP contribution is -2.50. The first-order valence-corrected chi connectivity index (χ1v) is 13.8. The quantitative estimate of drug-likeness (QED) is 0.317. The fourth-order valence-corrected chi connectivity index (χ4v) is 5.09. The topological polar surface area (TPSA) is 86.3 Å². The number of rotatable bonds is 11. The van der Waals surface area contributed by atoms with Gasteiger partial charge in [-0.05, 0) is 60.7 Å². The highest BCUT2D eigenvalue weighted by atomic mass is 16.7. The van der Waals surface area contributed by atoms with Gasteiger partial charge in [-0.3, -0.25) is 4.79 Å². The van der Waals surface area contributed by atoms with E-state index in [2.05, 4.69) is 29.6 Å². The number of methoxy groups -OCH3 is 2. The summed E-state index contributed by atoms with van der Waals surface area (Å²) in [7, 11) is 4.68. The highest BCUT2D eigenvalue weighted by Gasteiger charge is 2.31. The van der Waals surface area contributed by atoms with Crippen LogP contribution < -0.4 is 10.1 Å². The lowest BCUT2D eigenvalue weighted by molar-refractivity contribution is -0.144. The summed E-state index contributed by atoms with van der Waals surface area (Å²) in [4.78, 5) is 28.1. The molecule has 0 aliphatic heterocycles. The van der Waals surface area contributed by atoms with Crippen molar-refractivity contribution in [3.63, 3.8) is 0 Å². The zero-order valence-corrected chi connectivity index (χ0v) is 24.7. The zero-order chi connectivity index (χ0) is 29.6. The predicted octanol–water partition coefficient (Wildman–Crippen LogP) is 5.39. The lowest BCUT2D eigenvalue weighted by atomic mass is 9.98. The summed E-state index contributed by atoms with van der Waals surface area (Å²) >= 11 is 0. The molecule has 8 nitrogen and oxygen atoms in total. The van der Waals surface area contributed by atoms with E-state index in [0.29, 0.717) is 0 Å². The smallest absolute Gasteiger partial charge is 0.407 e. The molecule has 0 saturated heterocycles. The molecular formula is C33H40N2O6. The first kappa shape index (κ1) is 30.1. The number of benzene rings is 3. The number of fused-ring (bicyclic) bond motifs is 3. The van der Waals surface area contributed by atoms with Crippen LogP contribution in [-0.2, 0) is 25.4 Å². The van der Waals surface area contributed by atoms with Crippen molar-refractivity contribution in [2.45, 2.75) is 51.0 Å². The van der Waals surface area contributed by atoms with Crippen molar-refractivity contribution < 1.29 is 28.5 Å². The largest absolute Gasteiger partial charge is 0.488 e. The van der Waals surface area contributed by atoms with Crippen molar-refractivity contribution in [1.29, 1.82) is 0 Å². The van der Waals surface area contributed by atoms with Gasteiger partial charge < -0.3 is 29.2 Å². The fraction of sp³-hybridized carbons (Fsp3) is 0.394. The molecule has 1 N–H and O–H groups in total. The van der Waals surface area contributed by atoms with Gasteiger partial charge in [-0.2, -0.15) is 0 Å². The maximum absolute atomic E-state index is 13.5. The molecule has 1 atom stereocenters.